The van der Waals surface area contributed by atoms with Gasteiger partial charge in [-0.25, -0.2) is 15.0 Å². The van der Waals surface area contributed by atoms with E-state index >= 15 is 14.4 Å². The standard InChI is InChI=1S/C67H76F9N19O19S2/c68-65(69,70)62(112)90-41(17-33-6-2-1-3-7-33)54(104)88-47-28-115-116-29-48(89-58(47)108)61(111)95-13-5-11-93(59(109)46(22-51(100)101)87-53(103)40(8-9-49(96)97)84-57(107)44(21-50(98)99)92-64(114)67(74,75)76)10-4-12-94(26-34-14-35(27-95)16-36(15-34)52(77)102)60(110)45(20-39-25-80-32-83-39)86-55(105)42(18-37-23-78-30-81-37)85-56(106)43(19-38-24-79-31-82-38)91-63(113)66(71,72)73/h1-3,6-7,14-16,23-25,30-32,40-48H,4-5,8-13,17-22,26-29H2,(H2,77,102)(H,78,81)(H,79,82)(H,80,83)(H,84,107)(H,85,106)(H,86,105)(H,87,103)(H,88,104)(H,89,108)(H,90,112)(H,91,113)(H,92,114)(H,96,97)(H,98,99)(H,100,101)/t40-,41-,42-,43-,44-,45-,46-,47-,48-/m0/s1. The van der Waals surface area contributed by atoms with Gasteiger partial charge in [0.15, 0.2) is 0 Å². The molecule has 0 unspecified atom stereocenters. The molecule has 0 aliphatic carbocycles. The minimum atomic E-state index is -5.71. The second-order valence-corrected chi connectivity index (χ2v) is 28.6. The van der Waals surface area contributed by atoms with Crippen LogP contribution in [0.25, 0.3) is 0 Å². The molecule has 2 aromatic carbocycles. The summed E-state index contributed by atoms with van der Waals surface area (Å²) in [7, 11) is 1.89. The number of fused-ring (bicyclic) bond motifs is 2. The molecule has 5 heterocycles. The van der Waals surface area contributed by atoms with Gasteiger partial charge >= 0.3 is 54.2 Å². The monoisotopic (exact) mass is 1690 g/mol. The molecule has 17 N–H and O–H groups in total. The molecular formula is C67H76F9N19O19S2. The first-order valence-corrected chi connectivity index (χ1v) is 37.2. The lowest BCUT2D eigenvalue weighted by Crippen LogP contribution is -2.59. The molecule has 2 aliphatic rings. The molecule has 1 fully saturated rings. The highest BCUT2D eigenvalue weighted by Crippen LogP contribution is 2.28. The van der Waals surface area contributed by atoms with Crippen LogP contribution in [0.5, 0.6) is 0 Å². The maximum absolute atomic E-state index is 15.7. The summed E-state index contributed by atoms with van der Waals surface area (Å²) in [5.74, 6) is -26.6. The molecule has 49 heteroatoms. The van der Waals surface area contributed by atoms with Crippen LogP contribution in [0.3, 0.4) is 0 Å². The van der Waals surface area contributed by atoms with Gasteiger partial charge in [-0.3, -0.25) is 76.7 Å². The van der Waals surface area contributed by atoms with Crippen LogP contribution in [-0.2, 0) is 111 Å². The number of primary amides is 1. The van der Waals surface area contributed by atoms with Crippen molar-refractivity contribution in [2.45, 2.75) is 150 Å². The van der Waals surface area contributed by atoms with Crippen molar-refractivity contribution in [1.82, 2.24) is 92.5 Å². The normalized spacial score (nSPS) is 17.0. The molecule has 0 spiro atoms. The van der Waals surface area contributed by atoms with Crippen molar-refractivity contribution >= 4 is 116 Å². The number of carbonyl (C=O) groups is 16. The van der Waals surface area contributed by atoms with Gasteiger partial charge in [-0.1, -0.05) is 58.0 Å². The summed E-state index contributed by atoms with van der Waals surface area (Å²) in [6.07, 6.45) is -17.5. The van der Waals surface area contributed by atoms with Gasteiger partial charge < -0.3 is 98.6 Å². The van der Waals surface area contributed by atoms with Gasteiger partial charge in [0.25, 0.3) is 0 Å². The summed E-state index contributed by atoms with van der Waals surface area (Å²) >= 11 is 0. The number of alkyl halides is 9. The summed E-state index contributed by atoms with van der Waals surface area (Å²) in [6.45, 7) is -3.42. The number of carboxylic acids is 3. The Morgan fingerprint density at radius 3 is 1.40 bits per heavy atom. The summed E-state index contributed by atoms with van der Waals surface area (Å²) < 4.78 is 122. The molecule has 2 bridgehead atoms. The first kappa shape index (κ1) is 90.8. The predicted octanol–water partition coefficient (Wildman–Crippen LogP) is -1.54. The van der Waals surface area contributed by atoms with E-state index in [1.807, 2.05) is 5.32 Å². The number of benzene rings is 2. The van der Waals surface area contributed by atoms with Crippen molar-refractivity contribution in [3.63, 3.8) is 0 Å². The van der Waals surface area contributed by atoms with Crippen molar-refractivity contribution in [1.29, 1.82) is 0 Å². The predicted molar refractivity (Wildman–Crippen MR) is 380 cm³/mol. The Balaban J connectivity index is 1.28. The molecule has 1 saturated heterocycles. The number of halogens is 9. The number of aromatic amines is 3. The Hall–Kier alpha value is -12.3. The van der Waals surface area contributed by atoms with Crippen LogP contribution in [-0.4, -0.2) is 265 Å². The zero-order chi connectivity index (χ0) is 85.4. The number of nitrogens with zero attached hydrogens (tertiary/aromatic N) is 6. The lowest BCUT2D eigenvalue weighted by Gasteiger charge is -2.34. The third-order valence-electron chi connectivity index (χ3n) is 17.3. The number of carbonyl (C=O) groups excluding carboxylic acids is 13. The number of H-pyrrole nitrogens is 3. The minimum absolute atomic E-state index is 0.0267. The van der Waals surface area contributed by atoms with Crippen LogP contribution >= 0.6 is 21.6 Å². The smallest absolute Gasteiger partial charge is 0.471 e. The first-order valence-electron chi connectivity index (χ1n) is 34.7. The molecule has 0 saturated carbocycles. The maximum atomic E-state index is 15.7. The molecule has 116 heavy (non-hydrogen) atoms. The maximum Gasteiger partial charge on any atom is 0.471 e. The number of aliphatic carboxylic acids is 3. The van der Waals surface area contributed by atoms with Gasteiger partial charge in [0.2, 0.25) is 59.1 Å². The molecule has 38 nitrogen and oxygen atoms in total. The largest absolute Gasteiger partial charge is 0.481 e. The van der Waals surface area contributed by atoms with Gasteiger partial charge in [0, 0.05) is 107 Å². The number of hydrogen-bond donors (Lipinski definition) is 16. The Bertz CT molecular complexity index is 4360. The van der Waals surface area contributed by atoms with Crippen LogP contribution in [0.15, 0.2) is 86.1 Å². The van der Waals surface area contributed by atoms with Crippen molar-refractivity contribution < 1.29 is 132 Å². The number of hydrogen-bond acceptors (Lipinski definition) is 21. The van der Waals surface area contributed by atoms with E-state index in [9.17, 15) is 117 Å². The fourth-order valence-corrected chi connectivity index (χ4v) is 14.0. The number of imidazole rings is 3. The number of rotatable bonds is 32. The van der Waals surface area contributed by atoms with E-state index in [1.54, 1.807) is 16.7 Å². The Morgan fingerprint density at radius 1 is 0.491 bits per heavy atom. The molecule has 5 aromatic rings. The van der Waals surface area contributed by atoms with E-state index in [-0.39, 0.29) is 51.7 Å². The van der Waals surface area contributed by atoms with Gasteiger partial charge in [0.1, 0.15) is 54.4 Å². The van der Waals surface area contributed by atoms with E-state index in [2.05, 4.69) is 56.5 Å². The Labute approximate surface area is 656 Å². The van der Waals surface area contributed by atoms with E-state index in [0.29, 0.717) is 5.56 Å². The minimum Gasteiger partial charge on any atom is -0.481 e. The molecule has 0 radical (unpaired) electrons. The van der Waals surface area contributed by atoms with Crippen LogP contribution in [0.1, 0.15) is 82.7 Å². The lowest BCUT2D eigenvalue weighted by atomic mass is 10.0. The van der Waals surface area contributed by atoms with Gasteiger partial charge in [-0.2, -0.15) is 39.5 Å². The lowest BCUT2D eigenvalue weighted by molar-refractivity contribution is -0.175. The summed E-state index contributed by atoms with van der Waals surface area (Å²) in [4.78, 5) is 240. The van der Waals surface area contributed by atoms with Crippen molar-refractivity contribution in [2.75, 3.05) is 37.7 Å². The van der Waals surface area contributed by atoms with E-state index in [4.69, 9.17) is 5.73 Å². The molecular weight excluding hydrogens is 1610 g/mol. The average molecular weight is 1690 g/mol. The number of nitrogens with one attached hydrogen (secondary N) is 12. The van der Waals surface area contributed by atoms with E-state index in [0.717, 1.165) is 47.9 Å². The fourth-order valence-electron chi connectivity index (χ4n) is 11.7. The number of aromatic nitrogens is 6. The van der Waals surface area contributed by atoms with Gasteiger partial charge in [0.05, 0.1) is 48.9 Å². The molecule has 628 valence electrons. The molecule has 2 aliphatic heterocycles. The van der Waals surface area contributed by atoms with E-state index < -0.39 is 265 Å². The Morgan fingerprint density at radius 2 is 0.905 bits per heavy atom. The number of amides is 13. The van der Waals surface area contributed by atoms with Gasteiger partial charge in [-0.05, 0) is 48.1 Å². The quantitative estimate of drug-likeness (QED) is 0.0171. The third-order valence-corrected chi connectivity index (χ3v) is 19.7. The third kappa shape index (κ3) is 28.3. The van der Waals surface area contributed by atoms with E-state index in [1.165, 1.54) is 73.7 Å². The second kappa shape index (κ2) is 41.6. The Kier molecular flexibility index (Phi) is 32.6. The average Bonchev–Trinajstić information content (AvgIpc) is 1.02. The highest BCUT2D eigenvalue weighted by Gasteiger charge is 2.46. The molecule has 3 aromatic heterocycles. The number of nitrogens with two attached hydrogens (primary N) is 1. The summed E-state index contributed by atoms with van der Waals surface area (Å²) in [6, 6.07) is -6.71. The van der Waals surface area contributed by atoms with Crippen LogP contribution in [0.4, 0.5) is 39.5 Å². The second-order valence-electron chi connectivity index (χ2n) is 26.1. The van der Waals surface area contributed by atoms with Crippen molar-refractivity contribution in [3.05, 3.63) is 125 Å². The number of carboxylic acid groups (broad SMARTS) is 3. The summed E-state index contributed by atoms with van der Waals surface area (Å²) in [5.41, 5.74) is 6.12. The summed E-state index contributed by atoms with van der Waals surface area (Å²) in [5, 5.41) is 47.3. The zero-order valence-corrected chi connectivity index (χ0v) is 62.0. The van der Waals surface area contributed by atoms with Crippen molar-refractivity contribution in [3.8, 4) is 0 Å². The SMILES string of the molecule is NC(=O)c1cc2cc(c1)CN(C(=O)[C@H](Cc1c[nH]cn1)NC(=O)[C@H](Cc1c[nH]cn1)NC(=O)[C@H](Cc1c[nH]cn1)NC(=O)C(F)(F)F)CCCN(C(=O)[C@H](CC(=O)O)NC(=O)[C@H](CCC(=O)O)NC(=O)[C@H](CC(=O)O)NC(=O)C(F)(F)F)CCCN(C(=O)[C@@H]1CSSC[C@H](NC(=O)[C@H](Cc3ccccc3)NC(=O)C(F)(F)F)C(=O)N1)C2. The topological polar surface area (TPSA) is 564 Å². The van der Waals surface area contributed by atoms with Crippen LogP contribution in [0, 0.1) is 0 Å². The highest BCUT2D eigenvalue weighted by molar-refractivity contribution is 8.76. The highest BCUT2D eigenvalue weighted by atomic mass is 33.1. The van der Waals surface area contributed by atoms with Crippen LogP contribution in [0.2, 0.25) is 0 Å². The van der Waals surface area contributed by atoms with Crippen molar-refractivity contribution in [2.24, 2.45) is 5.73 Å². The molecule has 9 atom stereocenters. The first-order chi connectivity index (χ1) is 54.6. The van der Waals surface area contributed by atoms with Gasteiger partial charge in [-0.15, -0.1) is 0 Å². The molecule has 13 amide bonds. The van der Waals surface area contributed by atoms with Crippen LogP contribution < -0.4 is 53.6 Å². The fraction of sp³-hybridized carbons (Fsp3) is 0.448. The zero-order valence-electron chi connectivity index (χ0n) is 60.4. The molecule has 7 rings (SSSR count).